The summed E-state index contributed by atoms with van der Waals surface area (Å²) >= 11 is 0. The molecule has 1 heterocycles. The van der Waals surface area contributed by atoms with Gasteiger partial charge in [-0.3, -0.25) is 4.98 Å². The molecule has 5 heteroatoms. The van der Waals surface area contributed by atoms with Crippen LogP contribution in [0.5, 0.6) is 17.2 Å². The van der Waals surface area contributed by atoms with Gasteiger partial charge in [0.2, 0.25) is 5.75 Å². The third-order valence-electron chi connectivity index (χ3n) is 3.04. The Bertz CT molecular complexity index is 627. The van der Waals surface area contributed by atoms with Crippen LogP contribution in [0.3, 0.4) is 0 Å². The molecule has 0 aliphatic carbocycles. The van der Waals surface area contributed by atoms with Crippen molar-refractivity contribution >= 4 is 0 Å². The summed E-state index contributed by atoms with van der Waals surface area (Å²) in [6.07, 6.45) is 1.74. The summed E-state index contributed by atoms with van der Waals surface area (Å²) in [6.45, 7) is 3.82. The highest BCUT2D eigenvalue weighted by atomic mass is 16.5. The molecule has 0 bridgehead atoms. The lowest BCUT2D eigenvalue weighted by Crippen LogP contribution is -2.00. The van der Waals surface area contributed by atoms with E-state index in [1.807, 2.05) is 26.0 Å². The van der Waals surface area contributed by atoms with Gasteiger partial charge in [-0.15, -0.1) is 0 Å². The maximum absolute atomic E-state index is 5.49. The molecule has 106 valence electrons. The summed E-state index contributed by atoms with van der Waals surface area (Å²) in [5, 5.41) is 0. The van der Waals surface area contributed by atoms with E-state index in [1.54, 1.807) is 27.5 Å². The van der Waals surface area contributed by atoms with Gasteiger partial charge in [0.05, 0.1) is 38.4 Å². The lowest BCUT2D eigenvalue weighted by atomic mass is 10.1. The fraction of sp³-hybridized carbons (Fsp3) is 0.333. The van der Waals surface area contributed by atoms with Crippen molar-refractivity contribution in [2.75, 3.05) is 21.3 Å². The number of aromatic nitrogens is 2. The van der Waals surface area contributed by atoms with Gasteiger partial charge in [0.1, 0.15) is 0 Å². The van der Waals surface area contributed by atoms with Gasteiger partial charge in [0, 0.05) is 11.8 Å². The van der Waals surface area contributed by atoms with E-state index in [2.05, 4.69) is 9.97 Å². The van der Waals surface area contributed by atoms with Crippen molar-refractivity contribution in [3.05, 3.63) is 29.7 Å². The van der Waals surface area contributed by atoms with E-state index in [0.717, 1.165) is 22.6 Å². The maximum Gasteiger partial charge on any atom is 0.203 e. The second-order valence-corrected chi connectivity index (χ2v) is 4.33. The van der Waals surface area contributed by atoms with Crippen LogP contribution >= 0.6 is 0 Å². The highest BCUT2D eigenvalue weighted by molar-refractivity contribution is 5.75. The summed E-state index contributed by atoms with van der Waals surface area (Å²) < 4.78 is 16.2. The van der Waals surface area contributed by atoms with Crippen LogP contribution in [0.25, 0.3) is 11.3 Å². The Morgan fingerprint density at radius 1 is 0.900 bits per heavy atom. The van der Waals surface area contributed by atoms with Crippen LogP contribution in [0.2, 0.25) is 0 Å². The van der Waals surface area contributed by atoms with Gasteiger partial charge in [0.15, 0.2) is 11.5 Å². The Labute approximate surface area is 118 Å². The highest BCUT2D eigenvalue weighted by Crippen LogP contribution is 2.44. The Balaban J connectivity index is 2.71. The number of hydrogen-bond acceptors (Lipinski definition) is 5. The molecular weight excluding hydrogens is 256 g/mol. The lowest BCUT2D eigenvalue weighted by molar-refractivity contribution is 0.325. The van der Waals surface area contributed by atoms with E-state index in [1.165, 1.54) is 0 Å². The molecule has 0 atom stereocenters. The van der Waals surface area contributed by atoms with Crippen molar-refractivity contribution < 1.29 is 14.2 Å². The molecule has 2 aromatic rings. The number of methoxy groups -OCH3 is 3. The Hall–Kier alpha value is -2.30. The molecule has 1 aromatic carbocycles. The standard InChI is InChI=1S/C15H18N2O3/c1-9-8-16-10(2)13(17-9)11-6-7-12(18-3)15(20-5)14(11)19-4/h6-8H,1-5H3. The Morgan fingerprint density at radius 3 is 2.20 bits per heavy atom. The number of ether oxygens (including phenoxy) is 3. The van der Waals surface area contributed by atoms with Gasteiger partial charge in [-0.2, -0.15) is 0 Å². The first-order valence-electron chi connectivity index (χ1n) is 6.22. The van der Waals surface area contributed by atoms with Crippen molar-refractivity contribution in [2.24, 2.45) is 0 Å². The van der Waals surface area contributed by atoms with Crippen LogP contribution in [-0.2, 0) is 0 Å². The van der Waals surface area contributed by atoms with Crippen LogP contribution in [0.1, 0.15) is 11.4 Å². The molecule has 0 N–H and O–H groups in total. The second kappa shape index (κ2) is 5.77. The topological polar surface area (TPSA) is 53.5 Å². The molecule has 20 heavy (non-hydrogen) atoms. The fourth-order valence-electron chi connectivity index (χ4n) is 2.08. The largest absolute Gasteiger partial charge is 0.493 e. The summed E-state index contributed by atoms with van der Waals surface area (Å²) in [6, 6.07) is 3.73. The highest BCUT2D eigenvalue weighted by Gasteiger charge is 2.19. The summed E-state index contributed by atoms with van der Waals surface area (Å²) in [7, 11) is 4.77. The first-order valence-corrected chi connectivity index (χ1v) is 6.22. The number of hydrogen-bond donors (Lipinski definition) is 0. The van der Waals surface area contributed by atoms with Crippen molar-refractivity contribution in [3.8, 4) is 28.5 Å². The van der Waals surface area contributed by atoms with E-state index >= 15 is 0 Å². The predicted octanol–water partition coefficient (Wildman–Crippen LogP) is 2.79. The van der Waals surface area contributed by atoms with Gasteiger partial charge < -0.3 is 14.2 Å². The molecule has 0 saturated carbocycles. The van der Waals surface area contributed by atoms with Gasteiger partial charge in [-0.05, 0) is 26.0 Å². The van der Waals surface area contributed by atoms with E-state index in [9.17, 15) is 0 Å². The molecule has 0 fully saturated rings. The van der Waals surface area contributed by atoms with E-state index in [-0.39, 0.29) is 0 Å². The molecule has 0 aliphatic heterocycles. The Kier molecular flexibility index (Phi) is 4.08. The van der Waals surface area contributed by atoms with Crippen molar-refractivity contribution in [2.45, 2.75) is 13.8 Å². The molecule has 0 saturated heterocycles. The number of benzene rings is 1. The summed E-state index contributed by atoms with van der Waals surface area (Å²) in [4.78, 5) is 8.88. The third-order valence-corrected chi connectivity index (χ3v) is 3.04. The molecule has 0 radical (unpaired) electrons. The molecule has 2 rings (SSSR count). The zero-order valence-corrected chi connectivity index (χ0v) is 12.4. The first-order chi connectivity index (χ1) is 9.62. The number of aryl methyl sites for hydroxylation is 2. The fourth-order valence-corrected chi connectivity index (χ4v) is 2.08. The lowest BCUT2D eigenvalue weighted by Gasteiger charge is -2.16. The minimum absolute atomic E-state index is 0.551. The minimum atomic E-state index is 0.551. The summed E-state index contributed by atoms with van der Waals surface area (Å²) in [5.74, 6) is 1.76. The molecule has 0 amide bonds. The van der Waals surface area contributed by atoms with Gasteiger partial charge in [-0.25, -0.2) is 4.98 Å². The van der Waals surface area contributed by atoms with Gasteiger partial charge in [-0.1, -0.05) is 0 Å². The average molecular weight is 274 g/mol. The van der Waals surface area contributed by atoms with Crippen molar-refractivity contribution in [3.63, 3.8) is 0 Å². The minimum Gasteiger partial charge on any atom is -0.493 e. The maximum atomic E-state index is 5.49. The van der Waals surface area contributed by atoms with Crippen molar-refractivity contribution in [1.29, 1.82) is 0 Å². The van der Waals surface area contributed by atoms with Gasteiger partial charge in [0.25, 0.3) is 0 Å². The number of rotatable bonds is 4. The molecule has 1 aromatic heterocycles. The Morgan fingerprint density at radius 2 is 1.60 bits per heavy atom. The molecule has 0 aliphatic rings. The van der Waals surface area contributed by atoms with Crippen LogP contribution in [0.4, 0.5) is 0 Å². The monoisotopic (exact) mass is 274 g/mol. The van der Waals surface area contributed by atoms with Crippen LogP contribution in [0.15, 0.2) is 18.3 Å². The van der Waals surface area contributed by atoms with Crippen LogP contribution in [0, 0.1) is 13.8 Å². The average Bonchev–Trinajstić information content (AvgIpc) is 2.47. The van der Waals surface area contributed by atoms with E-state index in [0.29, 0.717) is 17.2 Å². The normalized spacial score (nSPS) is 10.2. The third kappa shape index (κ3) is 2.39. The molecule has 5 nitrogen and oxygen atoms in total. The second-order valence-electron chi connectivity index (χ2n) is 4.33. The summed E-state index contributed by atoms with van der Waals surface area (Å²) in [5.41, 5.74) is 3.30. The molecular formula is C15H18N2O3. The zero-order valence-electron chi connectivity index (χ0n) is 12.4. The number of nitrogens with zero attached hydrogens (tertiary/aromatic N) is 2. The van der Waals surface area contributed by atoms with Crippen molar-refractivity contribution in [1.82, 2.24) is 9.97 Å². The van der Waals surface area contributed by atoms with E-state index in [4.69, 9.17) is 14.2 Å². The molecule has 0 spiro atoms. The van der Waals surface area contributed by atoms with Crippen LogP contribution < -0.4 is 14.2 Å². The smallest absolute Gasteiger partial charge is 0.203 e. The zero-order chi connectivity index (χ0) is 14.7. The first kappa shape index (κ1) is 14.1. The predicted molar refractivity (Wildman–Crippen MR) is 76.6 cm³/mol. The quantitative estimate of drug-likeness (QED) is 0.858. The SMILES string of the molecule is COc1ccc(-c2nc(C)cnc2C)c(OC)c1OC. The van der Waals surface area contributed by atoms with E-state index < -0.39 is 0 Å². The molecule has 0 unspecified atom stereocenters. The van der Waals surface area contributed by atoms with Crippen LogP contribution in [-0.4, -0.2) is 31.3 Å². The van der Waals surface area contributed by atoms with Gasteiger partial charge >= 0.3 is 0 Å².